The number of nitrogens with one attached hydrogen (secondary N) is 1. The van der Waals surface area contributed by atoms with Gasteiger partial charge in [0, 0.05) is 29.8 Å². The number of thiophene rings is 1. The number of aliphatic carboxylic acids is 1. The quantitative estimate of drug-likeness (QED) is 0.839. The number of carboxylic acids is 1. The van der Waals surface area contributed by atoms with Gasteiger partial charge in [-0.25, -0.2) is 0 Å². The lowest BCUT2D eigenvalue weighted by Crippen LogP contribution is -2.46. The molecule has 0 aliphatic heterocycles. The van der Waals surface area contributed by atoms with Crippen LogP contribution in [0.25, 0.3) is 11.4 Å². The average Bonchev–Trinajstić information content (AvgIpc) is 3.09. The Labute approximate surface area is 130 Å². The average molecular weight is 321 g/mol. The summed E-state index contributed by atoms with van der Waals surface area (Å²) in [7, 11) is 0. The molecule has 1 amide bonds. The Kier molecular flexibility index (Phi) is 4.19. The minimum absolute atomic E-state index is 0.0300. The summed E-state index contributed by atoms with van der Waals surface area (Å²) in [6.07, 6.45) is 1.63. The number of hydrogen-bond donors (Lipinski definition) is 2. The maximum Gasteiger partial charge on any atom is 0.306 e. The van der Waals surface area contributed by atoms with E-state index >= 15 is 0 Å². The summed E-state index contributed by atoms with van der Waals surface area (Å²) in [4.78, 5) is 26.7. The molecule has 7 nitrogen and oxygen atoms in total. The lowest BCUT2D eigenvalue weighted by Gasteiger charge is -2.32. The first kappa shape index (κ1) is 14.7. The van der Waals surface area contributed by atoms with Gasteiger partial charge in [-0.05, 0) is 24.3 Å². The van der Waals surface area contributed by atoms with Crippen molar-refractivity contribution in [3.05, 3.63) is 22.7 Å². The highest BCUT2D eigenvalue weighted by Gasteiger charge is 2.35. The van der Waals surface area contributed by atoms with Gasteiger partial charge >= 0.3 is 5.97 Å². The number of carbonyl (C=O) groups excluding carboxylic acids is 1. The minimum Gasteiger partial charge on any atom is -0.481 e. The van der Waals surface area contributed by atoms with Gasteiger partial charge in [-0.15, -0.1) is 0 Å². The highest BCUT2D eigenvalue weighted by molar-refractivity contribution is 7.08. The fourth-order valence-corrected chi connectivity index (χ4v) is 2.96. The lowest BCUT2D eigenvalue weighted by atomic mass is 9.80. The molecule has 0 unspecified atom stereocenters. The Bertz CT molecular complexity index is 661. The number of aryl methyl sites for hydroxylation is 1. The summed E-state index contributed by atoms with van der Waals surface area (Å²) >= 11 is 1.55. The highest BCUT2D eigenvalue weighted by atomic mass is 32.1. The molecule has 8 heteroatoms. The molecule has 0 atom stereocenters. The van der Waals surface area contributed by atoms with Crippen molar-refractivity contribution in [1.29, 1.82) is 0 Å². The Morgan fingerprint density at radius 3 is 2.95 bits per heavy atom. The van der Waals surface area contributed by atoms with Crippen molar-refractivity contribution in [3.8, 4) is 11.4 Å². The standard InChI is InChI=1S/C14H15N3O4S/c18-11(15-10-5-9(6-10)14(19)20)1-2-12-16-13(17-21-12)8-3-4-22-7-8/h3-4,7,9-10H,1-2,5-6H2,(H,15,18)(H,19,20). The van der Waals surface area contributed by atoms with Crippen LogP contribution in [0.5, 0.6) is 0 Å². The van der Waals surface area contributed by atoms with Crippen molar-refractivity contribution >= 4 is 23.2 Å². The van der Waals surface area contributed by atoms with Crippen molar-refractivity contribution < 1.29 is 19.2 Å². The number of carbonyl (C=O) groups is 2. The van der Waals surface area contributed by atoms with Crippen molar-refractivity contribution in [2.45, 2.75) is 31.7 Å². The normalized spacial score (nSPS) is 20.4. The topological polar surface area (TPSA) is 105 Å². The number of hydrogen-bond acceptors (Lipinski definition) is 6. The number of amides is 1. The summed E-state index contributed by atoms with van der Waals surface area (Å²) < 4.78 is 5.12. The van der Waals surface area contributed by atoms with Gasteiger partial charge < -0.3 is 14.9 Å². The molecule has 2 N–H and O–H groups in total. The maximum absolute atomic E-state index is 11.8. The third kappa shape index (κ3) is 3.33. The molecular formula is C14H15N3O4S. The van der Waals surface area contributed by atoms with Gasteiger partial charge in [-0.3, -0.25) is 9.59 Å². The van der Waals surface area contributed by atoms with Gasteiger partial charge in [-0.2, -0.15) is 16.3 Å². The van der Waals surface area contributed by atoms with E-state index in [1.165, 1.54) is 0 Å². The molecule has 0 radical (unpaired) electrons. The number of aromatic nitrogens is 2. The molecule has 1 fully saturated rings. The van der Waals surface area contributed by atoms with Gasteiger partial charge in [0.1, 0.15) is 0 Å². The van der Waals surface area contributed by atoms with Crippen molar-refractivity contribution in [1.82, 2.24) is 15.5 Å². The molecule has 1 aliphatic rings. The third-order valence-corrected chi connectivity index (χ3v) is 4.35. The highest BCUT2D eigenvalue weighted by Crippen LogP contribution is 2.27. The monoisotopic (exact) mass is 321 g/mol. The first-order chi connectivity index (χ1) is 10.6. The second kappa shape index (κ2) is 6.27. The molecule has 2 heterocycles. The Hall–Kier alpha value is -2.22. The van der Waals surface area contributed by atoms with E-state index in [4.69, 9.17) is 9.63 Å². The molecule has 1 aliphatic carbocycles. The molecule has 3 rings (SSSR count). The number of nitrogens with zero attached hydrogens (tertiary/aromatic N) is 2. The second-order valence-corrected chi connectivity index (χ2v) is 6.07. The largest absolute Gasteiger partial charge is 0.481 e. The molecule has 0 spiro atoms. The van der Waals surface area contributed by atoms with E-state index in [1.54, 1.807) is 11.3 Å². The van der Waals surface area contributed by atoms with Crippen LogP contribution in [-0.2, 0) is 16.0 Å². The second-order valence-electron chi connectivity index (χ2n) is 5.29. The van der Waals surface area contributed by atoms with Crippen LogP contribution in [0.4, 0.5) is 0 Å². The van der Waals surface area contributed by atoms with Crippen LogP contribution < -0.4 is 5.32 Å². The van der Waals surface area contributed by atoms with E-state index in [0.717, 1.165) is 5.56 Å². The van der Waals surface area contributed by atoms with Crippen LogP contribution in [0.1, 0.15) is 25.2 Å². The minimum atomic E-state index is -0.794. The fraction of sp³-hybridized carbons (Fsp3) is 0.429. The zero-order valence-corrected chi connectivity index (χ0v) is 12.5. The SMILES string of the molecule is O=C(CCc1nc(-c2ccsc2)no1)NC1CC(C(=O)O)C1. The summed E-state index contributed by atoms with van der Waals surface area (Å²) in [5.74, 6) is -0.288. The van der Waals surface area contributed by atoms with Crippen LogP contribution in [-0.4, -0.2) is 33.2 Å². The summed E-state index contributed by atoms with van der Waals surface area (Å²) in [5, 5.41) is 19.3. The predicted octanol–water partition coefficient (Wildman–Crippen LogP) is 1.71. The smallest absolute Gasteiger partial charge is 0.306 e. The van der Waals surface area contributed by atoms with E-state index in [2.05, 4.69) is 15.5 Å². The molecule has 116 valence electrons. The molecule has 0 saturated heterocycles. The van der Waals surface area contributed by atoms with E-state index in [-0.39, 0.29) is 24.3 Å². The summed E-state index contributed by atoms with van der Waals surface area (Å²) in [6.45, 7) is 0. The number of rotatable bonds is 6. The van der Waals surface area contributed by atoms with Crippen molar-refractivity contribution in [2.75, 3.05) is 0 Å². The van der Waals surface area contributed by atoms with Gasteiger partial charge in [0.05, 0.1) is 5.92 Å². The lowest BCUT2D eigenvalue weighted by molar-refractivity contribution is -0.146. The van der Waals surface area contributed by atoms with E-state index in [1.807, 2.05) is 16.8 Å². The van der Waals surface area contributed by atoms with Gasteiger partial charge in [0.15, 0.2) is 0 Å². The predicted molar refractivity (Wildman–Crippen MR) is 78.2 cm³/mol. The van der Waals surface area contributed by atoms with Crippen molar-refractivity contribution in [2.24, 2.45) is 5.92 Å². The third-order valence-electron chi connectivity index (χ3n) is 3.67. The first-order valence-corrected chi connectivity index (χ1v) is 7.93. The van der Waals surface area contributed by atoms with Gasteiger partial charge in [-0.1, -0.05) is 5.16 Å². The van der Waals surface area contributed by atoms with Gasteiger partial charge in [0.25, 0.3) is 0 Å². The summed E-state index contributed by atoms with van der Waals surface area (Å²) in [6, 6.07) is 1.87. The zero-order chi connectivity index (χ0) is 15.5. The Morgan fingerprint density at radius 1 is 1.45 bits per heavy atom. The molecule has 2 aromatic rings. The van der Waals surface area contributed by atoms with Crippen LogP contribution in [0.15, 0.2) is 21.3 Å². The molecule has 22 heavy (non-hydrogen) atoms. The fourth-order valence-electron chi connectivity index (χ4n) is 2.32. The van der Waals surface area contributed by atoms with Crippen LogP contribution in [0, 0.1) is 5.92 Å². The van der Waals surface area contributed by atoms with Crippen LogP contribution >= 0.6 is 11.3 Å². The maximum atomic E-state index is 11.8. The number of carboxylic acid groups (broad SMARTS) is 1. The molecule has 0 bridgehead atoms. The molecule has 1 saturated carbocycles. The first-order valence-electron chi connectivity index (χ1n) is 6.99. The van der Waals surface area contributed by atoms with E-state index in [9.17, 15) is 9.59 Å². The zero-order valence-electron chi connectivity index (χ0n) is 11.7. The molecular weight excluding hydrogens is 306 g/mol. The Morgan fingerprint density at radius 2 is 2.27 bits per heavy atom. The van der Waals surface area contributed by atoms with E-state index in [0.29, 0.717) is 31.0 Å². The molecule has 2 aromatic heterocycles. The summed E-state index contributed by atoms with van der Waals surface area (Å²) in [5.41, 5.74) is 0.902. The molecule has 0 aromatic carbocycles. The Balaban J connectivity index is 1.43. The van der Waals surface area contributed by atoms with Crippen LogP contribution in [0.3, 0.4) is 0 Å². The van der Waals surface area contributed by atoms with Crippen LogP contribution in [0.2, 0.25) is 0 Å². The van der Waals surface area contributed by atoms with E-state index < -0.39 is 5.97 Å². The van der Waals surface area contributed by atoms with Gasteiger partial charge in [0.2, 0.25) is 17.6 Å². The van der Waals surface area contributed by atoms with Crippen molar-refractivity contribution in [3.63, 3.8) is 0 Å².